The standard InChI is InChI=1S/C16H27NO7S/c1-16(2,3)24-15(21)17-7-6-10(8-11(17)13(19)22-4)25-9-12(18)14(20)23-5/h10-12,18H,6-9H2,1-5H3/t10-,11+,12-/m1/s1. The van der Waals surface area contributed by atoms with Crippen molar-refractivity contribution in [3.05, 3.63) is 0 Å². The van der Waals surface area contributed by atoms with Crippen LogP contribution in [-0.2, 0) is 23.8 Å². The van der Waals surface area contributed by atoms with E-state index in [1.807, 2.05) is 0 Å². The molecule has 0 aromatic carbocycles. The molecule has 1 fully saturated rings. The second kappa shape index (κ2) is 9.28. The number of ether oxygens (including phenoxy) is 3. The molecule has 0 unspecified atom stereocenters. The molecule has 0 aliphatic carbocycles. The van der Waals surface area contributed by atoms with Crippen LogP contribution in [0.4, 0.5) is 4.79 Å². The third-order valence-electron chi connectivity index (χ3n) is 3.62. The number of rotatable bonds is 5. The first kappa shape index (κ1) is 21.6. The first-order valence-corrected chi connectivity index (χ1v) is 9.09. The molecule has 144 valence electrons. The highest BCUT2D eigenvalue weighted by atomic mass is 32.2. The fourth-order valence-electron chi connectivity index (χ4n) is 2.41. The minimum Gasteiger partial charge on any atom is -0.467 e. The Labute approximate surface area is 152 Å². The van der Waals surface area contributed by atoms with E-state index in [1.54, 1.807) is 20.8 Å². The van der Waals surface area contributed by atoms with Gasteiger partial charge in [-0.3, -0.25) is 4.90 Å². The SMILES string of the molecule is COC(=O)[C@H](O)CS[C@@H]1CCN(C(=O)OC(C)(C)C)[C@H](C(=O)OC)C1. The number of aliphatic hydroxyl groups is 1. The molecule has 25 heavy (non-hydrogen) atoms. The summed E-state index contributed by atoms with van der Waals surface area (Å²) in [7, 11) is 2.48. The van der Waals surface area contributed by atoms with E-state index in [-0.39, 0.29) is 11.0 Å². The molecule has 8 nitrogen and oxygen atoms in total. The second-order valence-electron chi connectivity index (χ2n) is 6.73. The average Bonchev–Trinajstić information content (AvgIpc) is 2.56. The minimum atomic E-state index is -1.21. The van der Waals surface area contributed by atoms with Crippen molar-refractivity contribution in [3.8, 4) is 0 Å². The highest BCUT2D eigenvalue weighted by Crippen LogP contribution is 2.29. The predicted molar refractivity (Wildman–Crippen MR) is 92.2 cm³/mol. The summed E-state index contributed by atoms with van der Waals surface area (Å²) in [6, 6.07) is -0.749. The molecule has 0 bridgehead atoms. The molecule has 3 atom stereocenters. The smallest absolute Gasteiger partial charge is 0.411 e. The molecule has 1 aliphatic heterocycles. The molecule has 0 spiro atoms. The largest absolute Gasteiger partial charge is 0.467 e. The fraction of sp³-hybridized carbons (Fsp3) is 0.812. The Balaban J connectivity index is 2.71. The summed E-state index contributed by atoms with van der Waals surface area (Å²) < 4.78 is 14.6. The maximum absolute atomic E-state index is 12.3. The Morgan fingerprint density at radius 2 is 1.88 bits per heavy atom. The number of carbonyl (C=O) groups excluding carboxylic acids is 3. The van der Waals surface area contributed by atoms with Gasteiger partial charge in [0.05, 0.1) is 14.2 Å². The van der Waals surface area contributed by atoms with Gasteiger partial charge in [0, 0.05) is 17.5 Å². The third-order valence-corrected chi connectivity index (χ3v) is 5.03. The van der Waals surface area contributed by atoms with Crippen molar-refractivity contribution < 1.29 is 33.7 Å². The number of esters is 2. The monoisotopic (exact) mass is 377 g/mol. The van der Waals surface area contributed by atoms with E-state index in [2.05, 4.69) is 4.74 Å². The molecule has 1 saturated heterocycles. The molecule has 1 rings (SSSR count). The van der Waals surface area contributed by atoms with Gasteiger partial charge in [-0.2, -0.15) is 11.8 Å². The van der Waals surface area contributed by atoms with Crippen LogP contribution in [0.15, 0.2) is 0 Å². The van der Waals surface area contributed by atoms with E-state index >= 15 is 0 Å². The van der Waals surface area contributed by atoms with Crippen LogP contribution >= 0.6 is 11.8 Å². The Bertz CT molecular complexity index is 491. The van der Waals surface area contributed by atoms with Gasteiger partial charge in [0.25, 0.3) is 0 Å². The molecule has 1 N–H and O–H groups in total. The van der Waals surface area contributed by atoms with Crippen molar-refractivity contribution in [2.45, 2.75) is 56.6 Å². The van der Waals surface area contributed by atoms with Gasteiger partial charge < -0.3 is 19.3 Å². The van der Waals surface area contributed by atoms with Crippen LogP contribution in [0.25, 0.3) is 0 Å². The summed E-state index contributed by atoms with van der Waals surface area (Å²) >= 11 is 1.37. The van der Waals surface area contributed by atoms with Crippen molar-refractivity contribution in [3.63, 3.8) is 0 Å². The maximum atomic E-state index is 12.3. The van der Waals surface area contributed by atoms with Crippen LogP contribution in [0.1, 0.15) is 33.6 Å². The first-order chi connectivity index (χ1) is 11.6. The van der Waals surface area contributed by atoms with Crippen LogP contribution < -0.4 is 0 Å². The predicted octanol–water partition coefficient (Wildman–Crippen LogP) is 1.19. The van der Waals surface area contributed by atoms with Gasteiger partial charge in [-0.25, -0.2) is 14.4 Å². The Kier molecular flexibility index (Phi) is 8.01. The molecule has 1 aliphatic rings. The summed E-state index contributed by atoms with van der Waals surface area (Å²) in [6.45, 7) is 5.61. The highest BCUT2D eigenvalue weighted by Gasteiger charge is 2.39. The van der Waals surface area contributed by atoms with Crippen molar-refractivity contribution in [1.29, 1.82) is 0 Å². The summed E-state index contributed by atoms with van der Waals surface area (Å²) in [5.41, 5.74) is -0.659. The number of hydrogen-bond acceptors (Lipinski definition) is 8. The van der Waals surface area contributed by atoms with Crippen LogP contribution in [0.3, 0.4) is 0 Å². The lowest BCUT2D eigenvalue weighted by molar-refractivity contribution is -0.149. The summed E-state index contributed by atoms with van der Waals surface area (Å²) in [5.74, 6) is -1.04. The topological polar surface area (TPSA) is 102 Å². The number of thioether (sulfide) groups is 1. The number of carbonyl (C=O) groups is 3. The van der Waals surface area contributed by atoms with Gasteiger partial charge in [-0.1, -0.05) is 0 Å². The molecule has 0 aromatic heterocycles. The molecule has 1 heterocycles. The number of methoxy groups -OCH3 is 2. The fourth-order valence-corrected chi connectivity index (χ4v) is 3.60. The minimum absolute atomic E-state index is 0.00194. The van der Waals surface area contributed by atoms with E-state index in [9.17, 15) is 19.5 Å². The zero-order chi connectivity index (χ0) is 19.2. The van der Waals surface area contributed by atoms with Crippen molar-refractivity contribution >= 4 is 29.8 Å². The average molecular weight is 377 g/mol. The zero-order valence-electron chi connectivity index (χ0n) is 15.3. The van der Waals surface area contributed by atoms with Crippen LogP contribution in [0.2, 0.25) is 0 Å². The normalized spacial score (nSPS) is 22.1. The number of amides is 1. The summed E-state index contributed by atoms with van der Waals surface area (Å²) in [6.07, 6.45) is -0.785. The van der Waals surface area contributed by atoms with E-state index in [0.29, 0.717) is 19.4 Å². The lowest BCUT2D eigenvalue weighted by Crippen LogP contribution is -2.52. The molecule has 0 aromatic rings. The van der Waals surface area contributed by atoms with E-state index < -0.39 is 35.8 Å². The Hall–Kier alpha value is -1.48. The molecule has 9 heteroatoms. The molecule has 0 saturated carbocycles. The lowest BCUT2D eigenvalue weighted by Gasteiger charge is -2.38. The third kappa shape index (κ3) is 6.74. The maximum Gasteiger partial charge on any atom is 0.411 e. The van der Waals surface area contributed by atoms with Crippen LogP contribution in [0, 0.1) is 0 Å². The van der Waals surface area contributed by atoms with E-state index in [1.165, 1.54) is 30.9 Å². The van der Waals surface area contributed by atoms with Gasteiger partial charge >= 0.3 is 18.0 Å². The summed E-state index contributed by atoms with van der Waals surface area (Å²) in [5, 5.41) is 9.67. The van der Waals surface area contributed by atoms with Gasteiger partial charge in [0.2, 0.25) is 0 Å². The van der Waals surface area contributed by atoms with E-state index in [4.69, 9.17) is 9.47 Å². The molecular formula is C16H27NO7S. The number of nitrogens with zero attached hydrogens (tertiary/aromatic N) is 1. The number of piperidine rings is 1. The van der Waals surface area contributed by atoms with Crippen LogP contribution in [0.5, 0.6) is 0 Å². The molecular weight excluding hydrogens is 350 g/mol. The quantitative estimate of drug-likeness (QED) is 0.563. The highest BCUT2D eigenvalue weighted by molar-refractivity contribution is 7.99. The number of aliphatic hydroxyl groups excluding tert-OH is 1. The zero-order valence-corrected chi connectivity index (χ0v) is 16.1. The number of hydrogen-bond donors (Lipinski definition) is 1. The molecule has 1 amide bonds. The Morgan fingerprint density at radius 3 is 2.40 bits per heavy atom. The lowest BCUT2D eigenvalue weighted by atomic mass is 10.0. The van der Waals surface area contributed by atoms with E-state index in [0.717, 1.165) is 0 Å². The Morgan fingerprint density at radius 1 is 1.24 bits per heavy atom. The van der Waals surface area contributed by atoms with Gasteiger partial charge in [0.15, 0.2) is 6.10 Å². The van der Waals surface area contributed by atoms with Crippen LogP contribution in [-0.4, -0.2) is 77.6 Å². The number of likely N-dealkylation sites (tertiary alicyclic amines) is 1. The summed E-state index contributed by atoms with van der Waals surface area (Å²) in [4.78, 5) is 37.0. The second-order valence-corrected chi connectivity index (χ2v) is 8.06. The van der Waals surface area contributed by atoms with Crippen molar-refractivity contribution in [2.75, 3.05) is 26.5 Å². The van der Waals surface area contributed by atoms with Crippen molar-refractivity contribution in [2.24, 2.45) is 0 Å². The first-order valence-electron chi connectivity index (χ1n) is 8.04. The van der Waals surface area contributed by atoms with Crippen molar-refractivity contribution in [1.82, 2.24) is 4.90 Å². The molecule has 0 radical (unpaired) electrons. The van der Waals surface area contributed by atoms with Gasteiger partial charge in [-0.05, 0) is 33.6 Å². The van der Waals surface area contributed by atoms with Gasteiger partial charge in [0.1, 0.15) is 11.6 Å². The van der Waals surface area contributed by atoms with Gasteiger partial charge in [-0.15, -0.1) is 0 Å².